The molecule has 0 saturated heterocycles. The van der Waals surface area contributed by atoms with Crippen molar-refractivity contribution >= 4 is 11.9 Å². The summed E-state index contributed by atoms with van der Waals surface area (Å²) in [6, 6.07) is 11.4. The normalized spacial score (nSPS) is 11.1. The minimum absolute atomic E-state index is 0.0894. The van der Waals surface area contributed by atoms with Gasteiger partial charge in [0.05, 0.1) is 11.1 Å². The lowest BCUT2D eigenvalue weighted by atomic mass is 9.90. The van der Waals surface area contributed by atoms with Gasteiger partial charge in [-0.25, -0.2) is 0 Å². The molecule has 1 amide bonds. The predicted molar refractivity (Wildman–Crippen MR) is 88.2 cm³/mol. The molecule has 0 aliphatic heterocycles. The second kappa shape index (κ2) is 7.08. The maximum Gasteiger partial charge on any atom is 0.309 e. The maximum absolute atomic E-state index is 12.2. The molecule has 0 spiro atoms. The monoisotopic (exact) mass is 329 g/mol. The van der Waals surface area contributed by atoms with Crippen molar-refractivity contribution < 1.29 is 14.7 Å². The van der Waals surface area contributed by atoms with E-state index in [0.717, 1.165) is 4.68 Å². The summed E-state index contributed by atoms with van der Waals surface area (Å²) in [6.07, 6.45) is 0.284. The number of carboxylic acids is 1. The molecule has 1 aromatic carbocycles. The lowest BCUT2D eigenvalue weighted by Gasteiger charge is -2.18. The van der Waals surface area contributed by atoms with E-state index >= 15 is 0 Å². The topological polar surface area (TPSA) is 101 Å². The van der Waals surface area contributed by atoms with E-state index in [2.05, 4.69) is 10.4 Å². The van der Waals surface area contributed by atoms with Crippen LogP contribution < -0.4 is 10.9 Å². The summed E-state index contributed by atoms with van der Waals surface area (Å²) in [6.45, 7) is 3.38. The van der Waals surface area contributed by atoms with Crippen molar-refractivity contribution in [2.24, 2.45) is 5.41 Å². The zero-order chi connectivity index (χ0) is 17.7. The first-order valence-electron chi connectivity index (χ1n) is 7.49. The Balaban J connectivity index is 2.11. The van der Waals surface area contributed by atoms with E-state index in [0.29, 0.717) is 5.69 Å². The highest BCUT2D eigenvalue weighted by atomic mass is 16.4. The molecule has 1 aromatic heterocycles. The van der Waals surface area contributed by atoms with Crippen molar-refractivity contribution in [2.45, 2.75) is 20.3 Å². The molecule has 2 aromatic rings. The summed E-state index contributed by atoms with van der Waals surface area (Å²) in [5, 5.41) is 15.7. The molecule has 0 aliphatic rings. The largest absolute Gasteiger partial charge is 0.481 e. The Hall–Kier alpha value is -2.96. The van der Waals surface area contributed by atoms with Crippen LogP contribution in [0.25, 0.3) is 5.69 Å². The highest BCUT2D eigenvalue weighted by molar-refractivity contribution is 5.92. The molecule has 24 heavy (non-hydrogen) atoms. The molecule has 2 rings (SSSR count). The van der Waals surface area contributed by atoms with Crippen LogP contribution in [0.5, 0.6) is 0 Å². The van der Waals surface area contributed by atoms with Gasteiger partial charge in [0.2, 0.25) is 0 Å². The first-order chi connectivity index (χ1) is 11.3. The second-order valence-electron chi connectivity index (χ2n) is 6.00. The van der Waals surface area contributed by atoms with Gasteiger partial charge in [-0.15, -0.1) is 0 Å². The SMILES string of the molecule is CC(C)(CCNC(=O)c1ccc(=O)n(-c2ccccc2)n1)C(=O)O. The van der Waals surface area contributed by atoms with Gasteiger partial charge in [0, 0.05) is 12.6 Å². The van der Waals surface area contributed by atoms with Crippen LogP contribution in [0.4, 0.5) is 0 Å². The number of carboxylic acid groups (broad SMARTS) is 1. The van der Waals surface area contributed by atoms with Crippen LogP contribution >= 0.6 is 0 Å². The number of rotatable bonds is 6. The molecule has 2 N–H and O–H groups in total. The Morgan fingerprint density at radius 1 is 1.17 bits per heavy atom. The molecule has 0 atom stereocenters. The van der Waals surface area contributed by atoms with Crippen LogP contribution in [0.2, 0.25) is 0 Å². The Kier molecular flexibility index (Phi) is 5.13. The first kappa shape index (κ1) is 17.4. The van der Waals surface area contributed by atoms with Crippen molar-refractivity contribution in [3.63, 3.8) is 0 Å². The third-order valence-corrected chi connectivity index (χ3v) is 3.65. The highest BCUT2D eigenvalue weighted by Crippen LogP contribution is 2.19. The zero-order valence-electron chi connectivity index (χ0n) is 13.5. The average molecular weight is 329 g/mol. The molecular formula is C17H19N3O4. The molecular weight excluding hydrogens is 310 g/mol. The summed E-state index contributed by atoms with van der Waals surface area (Å²) >= 11 is 0. The van der Waals surface area contributed by atoms with Crippen molar-refractivity contribution in [1.82, 2.24) is 15.1 Å². The fourth-order valence-electron chi connectivity index (χ4n) is 1.97. The standard InChI is InChI=1S/C17H19N3O4/c1-17(2,16(23)24)10-11-18-15(22)13-8-9-14(21)20(19-13)12-6-4-3-5-7-12/h3-9H,10-11H2,1-2H3,(H,18,22)(H,23,24). The van der Waals surface area contributed by atoms with Crippen LogP contribution in [0.3, 0.4) is 0 Å². The Labute approximate surface area is 138 Å². The minimum Gasteiger partial charge on any atom is -0.481 e. The van der Waals surface area contributed by atoms with Crippen LogP contribution in [0.15, 0.2) is 47.3 Å². The number of nitrogens with one attached hydrogen (secondary N) is 1. The first-order valence-corrected chi connectivity index (χ1v) is 7.49. The van der Waals surface area contributed by atoms with Gasteiger partial charge in [0.15, 0.2) is 0 Å². The maximum atomic E-state index is 12.2. The number of aromatic nitrogens is 2. The number of para-hydroxylation sites is 1. The second-order valence-corrected chi connectivity index (χ2v) is 6.00. The molecule has 0 aliphatic carbocycles. The Morgan fingerprint density at radius 3 is 2.46 bits per heavy atom. The summed E-state index contributed by atoms with van der Waals surface area (Å²) < 4.78 is 1.15. The van der Waals surface area contributed by atoms with Crippen molar-refractivity contribution in [3.8, 4) is 5.69 Å². The van der Waals surface area contributed by atoms with Gasteiger partial charge in [0.1, 0.15) is 5.69 Å². The quantitative estimate of drug-likeness (QED) is 0.835. The molecule has 1 heterocycles. The van der Waals surface area contributed by atoms with Gasteiger partial charge in [-0.05, 0) is 38.5 Å². The number of nitrogens with zero attached hydrogens (tertiary/aromatic N) is 2. The Morgan fingerprint density at radius 2 is 1.83 bits per heavy atom. The third-order valence-electron chi connectivity index (χ3n) is 3.65. The van der Waals surface area contributed by atoms with E-state index < -0.39 is 17.3 Å². The smallest absolute Gasteiger partial charge is 0.309 e. The summed E-state index contributed by atoms with van der Waals surface area (Å²) in [5.41, 5.74) is -0.621. The van der Waals surface area contributed by atoms with Gasteiger partial charge in [-0.1, -0.05) is 18.2 Å². The summed E-state index contributed by atoms with van der Waals surface area (Å²) in [5.74, 6) is -1.38. The van der Waals surface area contributed by atoms with Gasteiger partial charge in [-0.3, -0.25) is 14.4 Å². The number of carbonyl (C=O) groups is 2. The van der Waals surface area contributed by atoms with Gasteiger partial charge in [-0.2, -0.15) is 9.78 Å². The molecule has 0 saturated carbocycles. The molecule has 0 fully saturated rings. The van der Waals surface area contributed by atoms with Gasteiger partial charge in [0.25, 0.3) is 11.5 Å². The molecule has 0 bridgehead atoms. The minimum atomic E-state index is -0.927. The van der Waals surface area contributed by atoms with Crippen LogP contribution in [-0.2, 0) is 4.79 Å². The van der Waals surface area contributed by atoms with E-state index in [4.69, 9.17) is 5.11 Å². The van der Waals surface area contributed by atoms with Crippen molar-refractivity contribution in [1.29, 1.82) is 0 Å². The van der Waals surface area contributed by atoms with E-state index in [-0.39, 0.29) is 24.2 Å². The number of amides is 1. The van der Waals surface area contributed by atoms with Gasteiger partial charge < -0.3 is 10.4 Å². The molecule has 0 radical (unpaired) electrons. The summed E-state index contributed by atoms with van der Waals surface area (Å²) in [7, 11) is 0. The molecule has 7 nitrogen and oxygen atoms in total. The van der Waals surface area contributed by atoms with Crippen LogP contribution in [0, 0.1) is 5.41 Å². The number of aliphatic carboxylic acids is 1. The molecule has 0 unspecified atom stereocenters. The van der Waals surface area contributed by atoms with Crippen molar-refractivity contribution in [3.05, 3.63) is 58.5 Å². The van der Waals surface area contributed by atoms with E-state index in [9.17, 15) is 14.4 Å². The zero-order valence-corrected chi connectivity index (χ0v) is 13.5. The summed E-state index contributed by atoms with van der Waals surface area (Å²) in [4.78, 5) is 35.1. The van der Waals surface area contributed by atoms with E-state index in [1.165, 1.54) is 12.1 Å². The van der Waals surface area contributed by atoms with Gasteiger partial charge >= 0.3 is 5.97 Å². The van der Waals surface area contributed by atoms with E-state index in [1.54, 1.807) is 38.1 Å². The van der Waals surface area contributed by atoms with Crippen LogP contribution in [0.1, 0.15) is 30.8 Å². The van der Waals surface area contributed by atoms with E-state index in [1.807, 2.05) is 6.07 Å². The number of carbonyl (C=O) groups excluding carboxylic acids is 1. The third kappa shape index (κ3) is 4.07. The number of hydrogen-bond acceptors (Lipinski definition) is 4. The lowest BCUT2D eigenvalue weighted by Crippen LogP contribution is -2.33. The number of benzene rings is 1. The fourth-order valence-corrected chi connectivity index (χ4v) is 1.97. The number of hydrogen-bond donors (Lipinski definition) is 2. The molecule has 126 valence electrons. The van der Waals surface area contributed by atoms with Crippen molar-refractivity contribution in [2.75, 3.05) is 6.54 Å². The van der Waals surface area contributed by atoms with Crippen LogP contribution in [-0.4, -0.2) is 33.3 Å². The fraction of sp³-hybridized carbons (Fsp3) is 0.294. The predicted octanol–water partition coefficient (Wildman–Crippen LogP) is 1.46. The average Bonchev–Trinajstić information content (AvgIpc) is 2.55. The Bertz CT molecular complexity index is 797. The lowest BCUT2D eigenvalue weighted by molar-refractivity contribution is -0.147. The molecule has 7 heteroatoms. The highest BCUT2D eigenvalue weighted by Gasteiger charge is 2.26.